The molecule has 1 aromatic rings. The molecule has 5 heteroatoms. The van der Waals surface area contributed by atoms with E-state index in [9.17, 15) is 0 Å². The van der Waals surface area contributed by atoms with Crippen molar-refractivity contribution in [3.63, 3.8) is 0 Å². The first-order chi connectivity index (χ1) is 9.13. The number of aromatic nitrogens is 2. The van der Waals surface area contributed by atoms with Crippen LogP contribution in [0.25, 0.3) is 0 Å². The number of aryl methyl sites for hydroxylation is 1. The Balaban J connectivity index is 1.92. The summed E-state index contributed by atoms with van der Waals surface area (Å²) < 4.78 is 0. The van der Waals surface area contributed by atoms with Gasteiger partial charge in [0, 0.05) is 44.8 Å². The van der Waals surface area contributed by atoms with E-state index in [0.29, 0.717) is 0 Å². The summed E-state index contributed by atoms with van der Waals surface area (Å²) in [5.41, 5.74) is 2.61. The van der Waals surface area contributed by atoms with Gasteiger partial charge in [-0.25, -0.2) is 9.97 Å². The summed E-state index contributed by atoms with van der Waals surface area (Å²) in [5.74, 6) is 2.10. The Bertz CT molecular complexity index is 465. The lowest BCUT2D eigenvalue weighted by Gasteiger charge is -2.36. The van der Waals surface area contributed by atoms with Gasteiger partial charge in [0.1, 0.15) is 11.6 Å². The summed E-state index contributed by atoms with van der Waals surface area (Å²) >= 11 is 0. The van der Waals surface area contributed by atoms with Gasteiger partial charge in [0.15, 0.2) is 0 Å². The van der Waals surface area contributed by atoms with Crippen LogP contribution in [0.4, 0.5) is 5.82 Å². The second kappa shape index (κ2) is 5.06. The van der Waals surface area contributed by atoms with Crippen LogP contribution in [0.1, 0.15) is 17.1 Å². The Morgan fingerprint density at radius 2 is 1.63 bits per heavy atom. The van der Waals surface area contributed by atoms with E-state index in [1.54, 1.807) is 0 Å². The van der Waals surface area contributed by atoms with Crippen LogP contribution in [0.5, 0.6) is 0 Å². The van der Waals surface area contributed by atoms with Crippen LogP contribution >= 0.6 is 0 Å². The van der Waals surface area contributed by atoms with E-state index in [-0.39, 0.29) is 0 Å². The Morgan fingerprint density at radius 3 is 2.37 bits per heavy atom. The van der Waals surface area contributed by atoms with Gasteiger partial charge in [0.05, 0.1) is 5.69 Å². The maximum atomic E-state index is 4.74. The first-order valence-corrected chi connectivity index (χ1v) is 7.12. The Kier molecular flexibility index (Phi) is 3.41. The third kappa shape index (κ3) is 2.58. The molecular weight excluding hydrogens is 238 g/mol. The van der Waals surface area contributed by atoms with E-state index in [4.69, 9.17) is 4.98 Å². The summed E-state index contributed by atoms with van der Waals surface area (Å²) in [5, 5.41) is 0. The van der Waals surface area contributed by atoms with Gasteiger partial charge in [-0.2, -0.15) is 0 Å². The summed E-state index contributed by atoms with van der Waals surface area (Å²) in [6, 6.07) is 0. The molecule has 0 aliphatic carbocycles. The first kappa shape index (κ1) is 12.8. The average Bonchev–Trinajstić information content (AvgIpc) is 2.38. The summed E-state index contributed by atoms with van der Waals surface area (Å²) in [6.45, 7) is 8.48. The first-order valence-electron chi connectivity index (χ1n) is 7.12. The van der Waals surface area contributed by atoms with Crippen LogP contribution in [0.3, 0.4) is 0 Å². The van der Waals surface area contributed by atoms with Gasteiger partial charge in [-0.3, -0.25) is 0 Å². The number of anilines is 1. The molecule has 0 radical (unpaired) electrons. The summed E-state index contributed by atoms with van der Waals surface area (Å²) in [4.78, 5) is 16.5. The van der Waals surface area contributed by atoms with Crippen LogP contribution in [0.2, 0.25) is 0 Å². The third-order valence-corrected chi connectivity index (χ3v) is 4.15. The predicted octanol–water partition coefficient (Wildman–Crippen LogP) is 0.525. The largest absolute Gasteiger partial charge is 0.354 e. The lowest BCUT2D eigenvalue weighted by Crippen LogP contribution is -2.45. The SMILES string of the molecule is Cc1nc2c(c(N3CCN(C)CC3)n1)CCN(C)C2. The monoisotopic (exact) mass is 261 g/mol. The molecule has 0 spiro atoms. The Hall–Kier alpha value is -1.20. The third-order valence-electron chi connectivity index (χ3n) is 4.15. The normalized spacial score (nSPS) is 21.5. The van der Waals surface area contributed by atoms with Crippen LogP contribution in [-0.4, -0.2) is 66.6 Å². The van der Waals surface area contributed by atoms with Crippen molar-refractivity contribution in [2.45, 2.75) is 19.9 Å². The molecule has 0 N–H and O–H groups in total. The van der Waals surface area contributed by atoms with Crippen molar-refractivity contribution in [2.75, 3.05) is 51.7 Å². The minimum Gasteiger partial charge on any atom is -0.354 e. The highest BCUT2D eigenvalue weighted by atomic mass is 15.3. The second-order valence-electron chi connectivity index (χ2n) is 5.80. The summed E-state index contributed by atoms with van der Waals surface area (Å²) in [6.07, 6.45) is 1.08. The number of rotatable bonds is 1. The molecule has 1 saturated heterocycles. The molecule has 0 saturated carbocycles. The van der Waals surface area contributed by atoms with Gasteiger partial charge in [-0.05, 0) is 27.4 Å². The predicted molar refractivity (Wildman–Crippen MR) is 76.5 cm³/mol. The Morgan fingerprint density at radius 1 is 0.895 bits per heavy atom. The topological polar surface area (TPSA) is 35.5 Å². The van der Waals surface area contributed by atoms with E-state index >= 15 is 0 Å². The molecule has 1 aromatic heterocycles. The van der Waals surface area contributed by atoms with Crippen LogP contribution in [-0.2, 0) is 13.0 Å². The standard InChI is InChI=1S/C14H23N5/c1-11-15-13-10-18(3)5-4-12(13)14(16-11)19-8-6-17(2)7-9-19/h4-10H2,1-3H3. The van der Waals surface area contributed by atoms with Gasteiger partial charge < -0.3 is 14.7 Å². The molecule has 2 aliphatic rings. The minimum atomic E-state index is 0.906. The van der Waals surface area contributed by atoms with Gasteiger partial charge in [0.2, 0.25) is 0 Å². The molecule has 3 rings (SSSR count). The van der Waals surface area contributed by atoms with Gasteiger partial charge in [-0.15, -0.1) is 0 Å². The zero-order valence-corrected chi connectivity index (χ0v) is 12.2. The molecule has 3 heterocycles. The Labute approximate surface area is 115 Å². The smallest absolute Gasteiger partial charge is 0.135 e. The van der Waals surface area contributed by atoms with E-state index < -0.39 is 0 Å². The molecule has 0 amide bonds. The number of hydrogen-bond donors (Lipinski definition) is 0. The van der Waals surface area contributed by atoms with Crippen LogP contribution in [0, 0.1) is 6.92 Å². The van der Waals surface area contributed by atoms with Crippen molar-refractivity contribution in [1.29, 1.82) is 0 Å². The van der Waals surface area contributed by atoms with Crippen LogP contribution in [0.15, 0.2) is 0 Å². The average molecular weight is 261 g/mol. The van der Waals surface area contributed by atoms with Gasteiger partial charge in [-0.1, -0.05) is 0 Å². The molecule has 0 bridgehead atoms. The number of fused-ring (bicyclic) bond motifs is 1. The molecule has 2 aliphatic heterocycles. The zero-order valence-electron chi connectivity index (χ0n) is 12.2. The molecule has 5 nitrogen and oxygen atoms in total. The fourth-order valence-corrected chi connectivity index (χ4v) is 2.94. The molecule has 0 unspecified atom stereocenters. The van der Waals surface area contributed by atoms with E-state index in [2.05, 4.69) is 33.8 Å². The van der Waals surface area contributed by atoms with Crippen LogP contribution < -0.4 is 4.90 Å². The van der Waals surface area contributed by atoms with Gasteiger partial charge >= 0.3 is 0 Å². The molecular formula is C14H23N5. The van der Waals surface area contributed by atoms with Crippen molar-refractivity contribution in [3.8, 4) is 0 Å². The highest BCUT2D eigenvalue weighted by Gasteiger charge is 2.24. The lowest BCUT2D eigenvalue weighted by molar-refractivity contribution is 0.301. The van der Waals surface area contributed by atoms with E-state index in [1.165, 1.54) is 17.1 Å². The minimum absolute atomic E-state index is 0.906. The highest BCUT2D eigenvalue weighted by Crippen LogP contribution is 2.26. The fraction of sp³-hybridized carbons (Fsp3) is 0.714. The molecule has 19 heavy (non-hydrogen) atoms. The maximum absolute atomic E-state index is 4.74. The van der Waals surface area contributed by atoms with Crippen molar-refractivity contribution >= 4 is 5.82 Å². The van der Waals surface area contributed by atoms with Crippen molar-refractivity contribution in [1.82, 2.24) is 19.8 Å². The van der Waals surface area contributed by atoms with E-state index in [1.807, 2.05) is 6.92 Å². The fourth-order valence-electron chi connectivity index (χ4n) is 2.94. The number of likely N-dealkylation sites (N-methyl/N-ethyl adjacent to an activating group) is 2. The van der Waals surface area contributed by atoms with Crippen molar-refractivity contribution < 1.29 is 0 Å². The van der Waals surface area contributed by atoms with E-state index in [0.717, 1.165) is 51.5 Å². The van der Waals surface area contributed by atoms with Crippen molar-refractivity contribution in [2.24, 2.45) is 0 Å². The number of nitrogens with zero attached hydrogens (tertiary/aromatic N) is 5. The number of piperazine rings is 1. The lowest BCUT2D eigenvalue weighted by atomic mass is 10.0. The quantitative estimate of drug-likeness (QED) is 0.737. The highest BCUT2D eigenvalue weighted by molar-refractivity contribution is 5.50. The molecule has 1 fully saturated rings. The van der Waals surface area contributed by atoms with Crippen molar-refractivity contribution in [3.05, 3.63) is 17.1 Å². The maximum Gasteiger partial charge on any atom is 0.135 e. The van der Waals surface area contributed by atoms with Gasteiger partial charge in [0.25, 0.3) is 0 Å². The molecule has 0 atom stereocenters. The zero-order chi connectivity index (χ0) is 13.4. The number of hydrogen-bond acceptors (Lipinski definition) is 5. The molecule has 104 valence electrons. The molecule has 0 aromatic carbocycles. The second-order valence-corrected chi connectivity index (χ2v) is 5.80. The summed E-state index contributed by atoms with van der Waals surface area (Å²) in [7, 11) is 4.35.